The van der Waals surface area contributed by atoms with Crippen molar-refractivity contribution in [3.05, 3.63) is 44.7 Å². The van der Waals surface area contributed by atoms with Crippen molar-refractivity contribution in [2.75, 3.05) is 5.32 Å². The van der Waals surface area contributed by atoms with E-state index in [1.807, 2.05) is 0 Å². The number of halogens is 1. The molecule has 0 saturated heterocycles. The minimum atomic E-state index is -0.945. The standard InChI is InChI=1S/C12H6ClN3O4S/c13-11-15-16-12(21-11)14-9(18)7-8(17)5-3-1-2-4-6(5)20-10(7)19/h1-4,17H,(H,14,16,18). The van der Waals surface area contributed by atoms with E-state index < -0.39 is 22.8 Å². The minimum absolute atomic E-state index is 0.108. The zero-order chi connectivity index (χ0) is 15.0. The van der Waals surface area contributed by atoms with E-state index >= 15 is 0 Å². The SMILES string of the molecule is O=C(Nc1nnc(Cl)s1)c1c(O)c2ccccc2oc1=O. The highest BCUT2D eigenvalue weighted by molar-refractivity contribution is 7.19. The number of carbonyl (C=O) groups excluding carboxylic acids is 1. The summed E-state index contributed by atoms with van der Waals surface area (Å²) < 4.78 is 5.14. The van der Waals surface area contributed by atoms with Gasteiger partial charge in [-0.1, -0.05) is 23.5 Å². The third-order valence-electron chi connectivity index (χ3n) is 2.63. The number of hydrogen-bond donors (Lipinski definition) is 2. The van der Waals surface area contributed by atoms with Crippen LogP contribution in [0.2, 0.25) is 4.47 Å². The van der Waals surface area contributed by atoms with Crippen molar-refractivity contribution in [2.45, 2.75) is 0 Å². The lowest BCUT2D eigenvalue weighted by Crippen LogP contribution is -2.21. The molecule has 0 atom stereocenters. The first-order valence-corrected chi connectivity index (χ1v) is 6.81. The lowest BCUT2D eigenvalue weighted by Gasteiger charge is -2.05. The number of hydrogen-bond acceptors (Lipinski definition) is 7. The largest absolute Gasteiger partial charge is 0.506 e. The van der Waals surface area contributed by atoms with Gasteiger partial charge in [0.1, 0.15) is 11.3 Å². The van der Waals surface area contributed by atoms with Crippen molar-refractivity contribution in [2.24, 2.45) is 0 Å². The van der Waals surface area contributed by atoms with Crippen LogP contribution in [0.5, 0.6) is 5.75 Å². The molecule has 1 amide bonds. The Bertz CT molecular complexity index is 905. The van der Waals surface area contributed by atoms with Gasteiger partial charge >= 0.3 is 5.63 Å². The number of aromatic hydroxyl groups is 1. The molecule has 1 aromatic carbocycles. The van der Waals surface area contributed by atoms with Gasteiger partial charge in [-0.05, 0) is 23.7 Å². The van der Waals surface area contributed by atoms with E-state index in [-0.39, 0.29) is 20.6 Å². The monoisotopic (exact) mass is 323 g/mol. The predicted molar refractivity (Wildman–Crippen MR) is 77.0 cm³/mol. The maximum Gasteiger partial charge on any atom is 0.353 e. The Balaban J connectivity index is 2.07. The van der Waals surface area contributed by atoms with Crippen LogP contribution in [-0.2, 0) is 0 Å². The van der Waals surface area contributed by atoms with Crippen LogP contribution < -0.4 is 10.9 Å². The molecular formula is C12H6ClN3O4S. The molecule has 0 spiro atoms. The maximum atomic E-state index is 12.1. The Morgan fingerprint density at radius 1 is 1.33 bits per heavy atom. The number of fused-ring (bicyclic) bond motifs is 1. The van der Waals surface area contributed by atoms with Crippen LogP contribution in [0.4, 0.5) is 5.13 Å². The highest BCUT2D eigenvalue weighted by Crippen LogP contribution is 2.27. The zero-order valence-electron chi connectivity index (χ0n) is 10.2. The van der Waals surface area contributed by atoms with Gasteiger partial charge in [-0.2, -0.15) is 0 Å². The molecule has 0 fully saturated rings. The molecule has 0 saturated carbocycles. The number of nitrogens with zero attached hydrogens (tertiary/aromatic N) is 2. The summed E-state index contributed by atoms with van der Waals surface area (Å²) in [4.78, 5) is 23.9. The quantitative estimate of drug-likeness (QED) is 0.701. The molecule has 21 heavy (non-hydrogen) atoms. The molecule has 0 unspecified atom stereocenters. The minimum Gasteiger partial charge on any atom is -0.506 e. The number of para-hydroxylation sites is 1. The first-order valence-electron chi connectivity index (χ1n) is 5.61. The predicted octanol–water partition coefficient (Wildman–Crippen LogP) is 2.26. The number of aromatic nitrogens is 2. The Morgan fingerprint density at radius 3 is 2.81 bits per heavy atom. The summed E-state index contributed by atoms with van der Waals surface area (Å²) in [6.45, 7) is 0. The number of amides is 1. The van der Waals surface area contributed by atoms with Crippen LogP contribution in [0, 0.1) is 0 Å². The summed E-state index contributed by atoms with van der Waals surface area (Å²) in [5, 5.41) is 19.9. The highest BCUT2D eigenvalue weighted by atomic mass is 35.5. The first-order chi connectivity index (χ1) is 10.1. The molecule has 2 N–H and O–H groups in total. The zero-order valence-corrected chi connectivity index (χ0v) is 11.7. The Morgan fingerprint density at radius 2 is 2.10 bits per heavy atom. The number of carbonyl (C=O) groups is 1. The van der Waals surface area contributed by atoms with Crippen molar-refractivity contribution < 1.29 is 14.3 Å². The number of benzene rings is 1. The lowest BCUT2D eigenvalue weighted by atomic mass is 10.1. The van der Waals surface area contributed by atoms with E-state index in [2.05, 4.69) is 15.5 Å². The molecular weight excluding hydrogens is 318 g/mol. The normalized spacial score (nSPS) is 10.7. The molecule has 3 rings (SSSR count). The van der Waals surface area contributed by atoms with Crippen LogP contribution in [0.25, 0.3) is 11.0 Å². The molecule has 0 radical (unpaired) electrons. The summed E-state index contributed by atoms with van der Waals surface area (Å²) in [6.07, 6.45) is 0. The molecule has 0 bridgehead atoms. The van der Waals surface area contributed by atoms with Crippen LogP contribution in [0.3, 0.4) is 0 Å². The van der Waals surface area contributed by atoms with E-state index in [1.54, 1.807) is 12.1 Å². The van der Waals surface area contributed by atoms with Crippen LogP contribution in [0.15, 0.2) is 33.5 Å². The Labute approximate surface area is 125 Å². The van der Waals surface area contributed by atoms with Crippen LogP contribution in [-0.4, -0.2) is 21.2 Å². The third kappa shape index (κ3) is 2.46. The average molecular weight is 324 g/mol. The summed E-state index contributed by atoms with van der Waals surface area (Å²) in [6, 6.07) is 6.34. The second-order valence-electron chi connectivity index (χ2n) is 3.92. The smallest absolute Gasteiger partial charge is 0.353 e. The molecule has 0 aliphatic carbocycles. The Hall–Kier alpha value is -2.45. The maximum absolute atomic E-state index is 12.1. The molecule has 0 aliphatic heterocycles. The molecule has 2 aromatic heterocycles. The van der Waals surface area contributed by atoms with Crippen molar-refractivity contribution in [1.82, 2.24) is 10.2 Å². The van der Waals surface area contributed by atoms with Gasteiger partial charge in [0.05, 0.1) is 5.39 Å². The molecule has 0 aliphatic rings. The summed E-state index contributed by atoms with van der Waals surface area (Å²) >= 11 is 6.52. The number of rotatable bonds is 2. The highest BCUT2D eigenvalue weighted by Gasteiger charge is 2.21. The van der Waals surface area contributed by atoms with E-state index in [9.17, 15) is 14.7 Å². The van der Waals surface area contributed by atoms with Gasteiger partial charge in [0.25, 0.3) is 5.91 Å². The van der Waals surface area contributed by atoms with E-state index in [4.69, 9.17) is 16.0 Å². The number of nitrogens with one attached hydrogen (secondary N) is 1. The van der Waals surface area contributed by atoms with Crippen molar-refractivity contribution >= 4 is 44.9 Å². The molecule has 3 aromatic rings. The van der Waals surface area contributed by atoms with Gasteiger partial charge in [-0.15, -0.1) is 10.2 Å². The van der Waals surface area contributed by atoms with Crippen molar-refractivity contribution in [3.8, 4) is 5.75 Å². The fraction of sp³-hybridized carbons (Fsp3) is 0. The summed E-state index contributed by atoms with van der Waals surface area (Å²) in [5.41, 5.74) is -1.25. The summed E-state index contributed by atoms with van der Waals surface area (Å²) in [5.74, 6) is -1.30. The molecule has 7 nitrogen and oxygen atoms in total. The Kier molecular flexibility index (Phi) is 3.32. The second kappa shape index (κ2) is 5.15. The van der Waals surface area contributed by atoms with Gasteiger partial charge in [-0.25, -0.2) is 4.79 Å². The van der Waals surface area contributed by atoms with Gasteiger partial charge in [-0.3, -0.25) is 10.1 Å². The molecule has 106 valence electrons. The van der Waals surface area contributed by atoms with E-state index in [0.717, 1.165) is 11.3 Å². The second-order valence-corrected chi connectivity index (χ2v) is 5.48. The van der Waals surface area contributed by atoms with Crippen molar-refractivity contribution in [3.63, 3.8) is 0 Å². The molecule has 2 heterocycles. The fourth-order valence-corrected chi connectivity index (χ4v) is 2.47. The fourth-order valence-electron chi connectivity index (χ4n) is 1.75. The van der Waals surface area contributed by atoms with Crippen LogP contribution >= 0.6 is 22.9 Å². The van der Waals surface area contributed by atoms with Gasteiger partial charge < -0.3 is 9.52 Å². The number of anilines is 1. The molecule has 9 heteroatoms. The lowest BCUT2D eigenvalue weighted by molar-refractivity contribution is 0.102. The van der Waals surface area contributed by atoms with Gasteiger partial charge in [0.2, 0.25) is 9.60 Å². The van der Waals surface area contributed by atoms with E-state index in [1.165, 1.54) is 12.1 Å². The first kappa shape index (κ1) is 13.5. The van der Waals surface area contributed by atoms with Crippen molar-refractivity contribution in [1.29, 1.82) is 0 Å². The van der Waals surface area contributed by atoms with Gasteiger partial charge in [0, 0.05) is 0 Å². The summed E-state index contributed by atoms with van der Waals surface area (Å²) in [7, 11) is 0. The average Bonchev–Trinajstić information content (AvgIpc) is 2.84. The third-order valence-corrected chi connectivity index (χ3v) is 3.57. The van der Waals surface area contributed by atoms with Crippen LogP contribution in [0.1, 0.15) is 10.4 Å². The van der Waals surface area contributed by atoms with Gasteiger partial charge in [0.15, 0.2) is 5.56 Å². The topological polar surface area (TPSA) is 105 Å². The van der Waals surface area contributed by atoms with E-state index in [0.29, 0.717) is 0 Å².